The first-order chi connectivity index (χ1) is 6.80. The van der Waals surface area contributed by atoms with E-state index < -0.39 is 0 Å². The molecule has 0 fully saturated rings. The van der Waals surface area contributed by atoms with Gasteiger partial charge in [-0.2, -0.15) is 0 Å². The van der Waals surface area contributed by atoms with Gasteiger partial charge in [0.2, 0.25) is 5.91 Å². The molecule has 1 amide bonds. The van der Waals surface area contributed by atoms with Crippen molar-refractivity contribution in [2.75, 3.05) is 5.32 Å². The van der Waals surface area contributed by atoms with Gasteiger partial charge in [-0.05, 0) is 47.2 Å². The Hall–Kier alpha value is -0.580. The zero-order valence-electron chi connectivity index (χ0n) is 9.52. The number of hydrogen-bond acceptors (Lipinski definition) is 1. The summed E-state index contributed by atoms with van der Waals surface area (Å²) in [4.78, 5) is 11.8. The molecule has 0 atom stereocenters. The van der Waals surface area contributed by atoms with Gasteiger partial charge in [-0.3, -0.25) is 4.79 Å². The molecule has 0 radical (unpaired) electrons. The Labute approximate surface area is 105 Å². The van der Waals surface area contributed by atoms with Crippen LogP contribution in [-0.2, 0) is 4.79 Å². The number of hydrogen-bond donors (Lipinski definition) is 1. The second-order valence-electron chi connectivity index (χ2n) is 4.66. The summed E-state index contributed by atoms with van der Waals surface area (Å²) in [5, 5.41) is 2.95. The van der Waals surface area contributed by atoms with Crippen molar-refractivity contribution in [2.45, 2.75) is 27.7 Å². The number of carbonyl (C=O) groups excluding carboxylic acids is 1. The molecule has 0 aliphatic heterocycles. The molecule has 0 aliphatic rings. The van der Waals surface area contributed by atoms with E-state index in [0.29, 0.717) is 0 Å². The minimum atomic E-state index is -0.353. The van der Waals surface area contributed by atoms with Gasteiger partial charge in [0.15, 0.2) is 0 Å². The summed E-state index contributed by atoms with van der Waals surface area (Å²) in [5.74, 6) is 0.0487. The molecule has 15 heavy (non-hydrogen) atoms. The number of aryl methyl sites for hydroxylation is 1. The van der Waals surface area contributed by atoms with Crippen molar-refractivity contribution in [1.29, 1.82) is 0 Å². The van der Waals surface area contributed by atoms with Crippen LogP contribution in [0.5, 0.6) is 0 Å². The highest BCUT2D eigenvalue weighted by atomic mass is 127. The van der Waals surface area contributed by atoms with Gasteiger partial charge in [-0.15, -0.1) is 0 Å². The smallest absolute Gasteiger partial charge is 0.229 e. The van der Waals surface area contributed by atoms with Crippen LogP contribution in [-0.4, -0.2) is 5.91 Å². The first-order valence-corrected chi connectivity index (χ1v) is 5.96. The molecule has 0 spiro atoms. The topological polar surface area (TPSA) is 29.1 Å². The van der Waals surface area contributed by atoms with Crippen molar-refractivity contribution in [2.24, 2.45) is 5.41 Å². The fourth-order valence-corrected chi connectivity index (χ4v) is 1.53. The van der Waals surface area contributed by atoms with Crippen molar-refractivity contribution in [3.05, 3.63) is 27.3 Å². The van der Waals surface area contributed by atoms with Crippen LogP contribution in [0.1, 0.15) is 26.3 Å². The summed E-state index contributed by atoms with van der Waals surface area (Å²) in [5.41, 5.74) is 1.64. The van der Waals surface area contributed by atoms with Crippen LogP contribution in [0.3, 0.4) is 0 Å². The maximum atomic E-state index is 11.8. The SMILES string of the molecule is Cc1ccc(I)cc1NC(=O)C(C)(C)C. The lowest BCUT2D eigenvalue weighted by Gasteiger charge is -2.18. The monoisotopic (exact) mass is 317 g/mol. The predicted molar refractivity (Wildman–Crippen MR) is 72.0 cm³/mol. The zero-order chi connectivity index (χ0) is 11.6. The van der Waals surface area contributed by atoms with Gasteiger partial charge in [0.1, 0.15) is 0 Å². The molecule has 0 saturated heterocycles. The second-order valence-corrected chi connectivity index (χ2v) is 5.91. The van der Waals surface area contributed by atoms with Crippen molar-refractivity contribution >= 4 is 34.2 Å². The third kappa shape index (κ3) is 3.48. The number of rotatable bonds is 1. The minimum absolute atomic E-state index is 0.0487. The van der Waals surface area contributed by atoms with E-state index in [0.717, 1.165) is 14.8 Å². The fourth-order valence-electron chi connectivity index (χ4n) is 1.04. The van der Waals surface area contributed by atoms with Crippen molar-refractivity contribution in [1.82, 2.24) is 0 Å². The average molecular weight is 317 g/mol. The van der Waals surface area contributed by atoms with Crippen LogP contribution in [0, 0.1) is 15.9 Å². The van der Waals surface area contributed by atoms with Crippen LogP contribution in [0.4, 0.5) is 5.69 Å². The van der Waals surface area contributed by atoms with Gasteiger partial charge < -0.3 is 5.32 Å². The third-order valence-corrected chi connectivity index (χ3v) is 2.80. The summed E-state index contributed by atoms with van der Waals surface area (Å²) < 4.78 is 1.13. The summed E-state index contributed by atoms with van der Waals surface area (Å²) in [6.07, 6.45) is 0. The molecule has 0 aliphatic carbocycles. The quantitative estimate of drug-likeness (QED) is 0.788. The Morgan fingerprint density at radius 1 is 1.33 bits per heavy atom. The van der Waals surface area contributed by atoms with Gasteiger partial charge >= 0.3 is 0 Å². The van der Waals surface area contributed by atoms with Gasteiger partial charge in [0.25, 0.3) is 0 Å². The van der Waals surface area contributed by atoms with E-state index in [4.69, 9.17) is 0 Å². The highest BCUT2D eigenvalue weighted by Crippen LogP contribution is 2.21. The van der Waals surface area contributed by atoms with E-state index in [1.54, 1.807) is 0 Å². The molecule has 1 N–H and O–H groups in total. The maximum Gasteiger partial charge on any atom is 0.229 e. The summed E-state index contributed by atoms with van der Waals surface area (Å²) >= 11 is 2.24. The molecule has 0 aromatic heterocycles. The van der Waals surface area contributed by atoms with E-state index in [2.05, 4.69) is 27.9 Å². The summed E-state index contributed by atoms with van der Waals surface area (Å²) in [6, 6.07) is 6.03. The number of anilines is 1. The van der Waals surface area contributed by atoms with E-state index in [-0.39, 0.29) is 11.3 Å². The molecule has 1 aromatic carbocycles. The number of benzene rings is 1. The largest absolute Gasteiger partial charge is 0.325 e. The molecule has 2 nitrogen and oxygen atoms in total. The Morgan fingerprint density at radius 3 is 2.47 bits per heavy atom. The molecular formula is C12H16INO. The Kier molecular flexibility index (Phi) is 3.76. The predicted octanol–water partition coefficient (Wildman–Crippen LogP) is 3.58. The fraction of sp³-hybridized carbons (Fsp3) is 0.417. The standard InChI is InChI=1S/C12H16INO/c1-8-5-6-9(13)7-10(8)14-11(15)12(2,3)4/h5-7H,1-4H3,(H,14,15). The molecule has 0 heterocycles. The number of halogens is 1. The number of amides is 1. The molecule has 3 heteroatoms. The Morgan fingerprint density at radius 2 is 1.93 bits per heavy atom. The lowest BCUT2D eigenvalue weighted by Crippen LogP contribution is -2.27. The number of nitrogens with one attached hydrogen (secondary N) is 1. The maximum absolute atomic E-state index is 11.8. The number of carbonyl (C=O) groups is 1. The normalized spacial score (nSPS) is 11.3. The molecule has 0 unspecified atom stereocenters. The lowest BCUT2D eigenvalue weighted by atomic mass is 9.95. The van der Waals surface area contributed by atoms with Crippen LogP contribution >= 0.6 is 22.6 Å². The van der Waals surface area contributed by atoms with E-state index >= 15 is 0 Å². The van der Waals surface area contributed by atoms with Gasteiger partial charge in [-0.25, -0.2) is 0 Å². The van der Waals surface area contributed by atoms with Gasteiger partial charge in [-0.1, -0.05) is 26.8 Å². The van der Waals surface area contributed by atoms with E-state index in [9.17, 15) is 4.79 Å². The Balaban J connectivity index is 2.90. The molecule has 1 aromatic rings. The van der Waals surface area contributed by atoms with E-state index in [1.807, 2.05) is 45.9 Å². The van der Waals surface area contributed by atoms with E-state index in [1.165, 1.54) is 0 Å². The lowest BCUT2D eigenvalue weighted by molar-refractivity contribution is -0.123. The van der Waals surface area contributed by atoms with Gasteiger partial charge in [0.05, 0.1) is 0 Å². The molecular weight excluding hydrogens is 301 g/mol. The van der Waals surface area contributed by atoms with Crippen LogP contribution in [0.15, 0.2) is 18.2 Å². The van der Waals surface area contributed by atoms with Crippen LogP contribution < -0.4 is 5.32 Å². The van der Waals surface area contributed by atoms with Gasteiger partial charge in [0, 0.05) is 14.7 Å². The summed E-state index contributed by atoms with van der Waals surface area (Å²) in [7, 11) is 0. The first kappa shape index (κ1) is 12.5. The zero-order valence-corrected chi connectivity index (χ0v) is 11.7. The first-order valence-electron chi connectivity index (χ1n) is 4.88. The highest BCUT2D eigenvalue weighted by molar-refractivity contribution is 14.1. The third-order valence-electron chi connectivity index (χ3n) is 2.13. The molecule has 0 bridgehead atoms. The van der Waals surface area contributed by atoms with Crippen LogP contribution in [0.2, 0.25) is 0 Å². The molecule has 0 saturated carbocycles. The molecule has 82 valence electrons. The molecule has 1 rings (SSSR count). The highest BCUT2D eigenvalue weighted by Gasteiger charge is 2.21. The second kappa shape index (κ2) is 4.51. The average Bonchev–Trinajstić information content (AvgIpc) is 2.09. The Bertz CT molecular complexity index is 380. The van der Waals surface area contributed by atoms with Crippen molar-refractivity contribution < 1.29 is 4.79 Å². The minimum Gasteiger partial charge on any atom is -0.325 e. The van der Waals surface area contributed by atoms with Crippen molar-refractivity contribution in [3.8, 4) is 0 Å². The van der Waals surface area contributed by atoms with Crippen LogP contribution in [0.25, 0.3) is 0 Å². The van der Waals surface area contributed by atoms with Crippen molar-refractivity contribution in [3.63, 3.8) is 0 Å². The summed E-state index contributed by atoms with van der Waals surface area (Å²) in [6.45, 7) is 7.72.